The first-order valence-electron chi connectivity index (χ1n) is 4.04. The predicted molar refractivity (Wildman–Crippen MR) is 63.3 cm³/mol. The Kier molecular flexibility index (Phi) is 3.56. The van der Waals surface area contributed by atoms with E-state index in [0.717, 1.165) is 11.3 Å². The third-order valence-electron chi connectivity index (χ3n) is 2.10. The summed E-state index contributed by atoms with van der Waals surface area (Å²) in [7, 11) is 0. The topological polar surface area (TPSA) is 0 Å². The van der Waals surface area contributed by atoms with Crippen LogP contribution in [-0.2, 0) is 5.41 Å². The van der Waals surface area contributed by atoms with Gasteiger partial charge in [0.25, 0.3) is 0 Å². The summed E-state index contributed by atoms with van der Waals surface area (Å²) in [5.74, 6) is 0.783. The molecular formula is C10H12Cl2S. The van der Waals surface area contributed by atoms with Crippen molar-refractivity contribution < 1.29 is 0 Å². The molecule has 3 heteroatoms. The molecule has 0 aromatic heterocycles. The van der Waals surface area contributed by atoms with Gasteiger partial charge in [-0.05, 0) is 28.9 Å². The highest BCUT2D eigenvalue weighted by molar-refractivity contribution is 7.80. The fourth-order valence-corrected chi connectivity index (χ4v) is 1.49. The molecule has 0 fully saturated rings. The molecule has 0 aliphatic rings. The van der Waals surface area contributed by atoms with Crippen molar-refractivity contribution in [3.05, 3.63) is 33.8 Å². The summed E-state index contributed by atoms with van der Waals surface area (Å²) < 4.78 is 0. The van der Waals surface area contributed by atoms with Crippen molar-refractivity contribution in [2.75, 3.05) is 5.75 Å². The van der Waals surface area contributed by atoms with E-state index in [-0.39, 0.29) is 5.41 Å². The number of benzene rings is 1. The highest BCUT2D eigenvalue weighted by Crippen LogP contribution is 2.30. The van der Waals surface area contributed by atoms with Gasteiger partial charge in [0.05, 0.1) is 10.0 Å². The maximum absolute atomic E-state index is 5.92. The van der Waals surface area contributed by atoms with Crippen LogP contribution in [0.2, 0.25) is 10.0 Å². The first-order valence-corrected chi connectivity index (χ1v) is 5.42. The number of thiol groups is 1. The summed E-state index contributed by atoms with van der Waals surface area (Å²) in [6, 6.07) is 5.72. The lowest BCUT2D eigenvalue weighted by atomic mass is 9.87. The zero-order valence-electron chi connectivity index (χ0n) is 7.64. The molecule has 13 heavy (non-hydrogen) atoms. The van der Waals surface area contributed by atoms with Gasteiger partial charge >= 0.3 is 0 Å². The fourth-order valence-electron chi connectivity index (χ4n) is 1.01. The lowest BCUT2D eigenvalue weighted by Gasteiger charge is -2.22. The van der Waals surface area contributed by atoms with Gasteiger partial charge in [-0.2, -0.15) is 12.6 Å². The van der Waals surface area contributed by atoms with Crippen LogP contribution in [0.5, 0.6) is 0 Å². The normalized spacial score (nSPS) is 11.8. The monoisotopic (exact) mass is 234 g/mol. The molecule has 0 aliphatic heterocycles. The van der Waals surface area contributed by atoms with Crippen LogP contribution in [0.3, 0.4) is 0 Å². The first-order chi connectivity index (χ1) is 5.97. The Morgan fingerprint density at radius 2 is 1.85 bits per heavy atom. The second-order valence-corrected chi connectivity index (χ2v) is 4.80. The van der Waals surface area contributed by atoms with Crippen LogP contribution in [0.4, 0.5) is 0 Å². The van der Waals surface area contributed by atoms with E-state index in [4.69, 9.17) is 23.2 Å². The van der Waals surface area contributed by atoms with Gasteiger partial charge in [-0.3, -0.25) is 0 Å². The molecule has 1 aromatic rings. The molecule has 0 radical (unpaired) electrons. The largest absolute Gasteiger partial charge is 0.178 e. The molecule has 0 aliphatic carbocycles. The van der Waals surface area contributed by atoms with E-state index in [1.54, 1.807) is 0 Å². The van der Waals surface area contributed by atoms with E-state index in [0.29, 0.717) is 10.0 Å². The van der Waals surface area contributed by atoms with Gasteiger partial charge in [-0.15, -0.1) is 0 Å². The van der Waals surface area contributed by atoms with Crippen LogP contribution in [0.25, 0.3) is 0 Å². The third kappa shape index (κ3) is 2.55. The van der Waals surface area contributed by atoms with Crippen LogP contribution < -0.4 is 0 Å². The van der Waals surface area contributed by atoms with Crippen LogP contribution in [0.1, 0.15) is 19.4 Å². The molecule has 0 N–H and O–H groups in total. The van der Waals surface area contributed by atoms with Crippen molar-refractivity contribution in [1.29, 1.82) is 0 Å². The minimum Gasteiger partial charge on any atom is -0.178 e. The molecule has 0 saturated carbocycles. The zero-order valence-corrected chi connectivity index (χ0v) is 10.0. The molecule has 72 valence electrons. The highest BCUT2D eigenvalue weighted by atomic mass is 35.5. The van der Waals surface area contributed by atoms with Crippen molar-refractivity contribution in [1.82, 2.24) is 0 Å². The van der Waals surface area contributed by atoms with Gasteiger partial charge in [0.2, 0.25) is 0 Å². The van der Waals surface area contributed by atoms with Crippen molar-refractivity contribution in [2.24, 2.45) is 0 Å². The van der Waals surface area contributed by atoms with Crippen LogP contribution in [0.15, 0.2) is 18.2 Å². The van der Waals surface area contributed by atoms with Gasteiger partial charge in [-0.25, -0.2) is 0 Å². The smallest absolute Gasteiger partial charge is 0.0595 e. The lowest BCUT2D eigenvalue weighted by Crippen LogP contribution is -2.18. The summed E-state index contributed by atoms with van der Waals surface area (Å²) >= 11 is 16.0. The summed E-state index contributed by atoms with van der Waals surface area (Å²) in [6.45, 7) is 4.25. The van der Waals surface area contributed by atoms with Gasteiger partial charge < -0.3 is 0 Å². The molecule has 1 rings (SSSR count). The van der Waals surface area contributed by atoms with Gasteiger partial charge in [-0.1, -0.05) is 43.1 Å². The minimum atomic E-state index is 0.0390. The molecule has 1 aromatic carbocycles. The number of rotatable bonds is 2. The number of hydrogen-bond donors (Lipinski definition) is 1. The molecular weight excluding hydrogens is 223 g/mol. The van der Waals surface area contributed by atoms with E-state index in [1.165, 1.54) is 0 Å². The zero-order chi connectivity index (χ0) is 10.1. The summed E-state index contributed by atoms with van der Waals surface area (Å²) in [6.07, 6.45) is 0. The Hall–Kier alpha value is 0.150. The Bertz CT molecular complexity index is 308. The van der Waals surface area contributed by atoms with E-state index in [9.17, 15) is 0 Å². The second-order valence-electron chi connectivity index (χ2n) is 3.67. The average molecular weight is 235 g/mol. The fraction of sp³-hybridized carbons (Fsp3) is 0.400. The van der Waals surface area contributed by atoms with Gasteiger partial charge in [0, 0.05) is 0 Å². The second kappa shape index (κ2) is 4.12. The molecule has 0 spiro atoms. The molecule has 0 nitrogen and oxygen atoms in total. The van der Waals surface area contributed by atoms with Gasteiger partial charge in [0.15, 0.2) is 0 Å². The highest BCUT2D eigenvalue weighted by Gasteiger charge is 2.19. The van der Waals surface area contributed by atoms with E-state index in [1.807, 2.05) is 18.2 Å². The van der Waals surface area contributed by atoms with Gasteiger partial charge in [0.1, 0.15) is 0 Å². The number of hydrogen-bond acceptors (Lipinski definition) is 1. The Morgan fingerprint density at radius 3 is 2.31 bits per heavy atom. The van der Waals surface area contributed by atoms with Crippen molar-refractivity contribution in [2.45, 2.75) is 19.3 Å². The molecule has 0 saturated heterocycles. The lowest BCUT2D eigenvalue weighted by molar-refractivity contribution is 0.604. The maximum atomic E-state index is 5.92. The van der Waals surface area contributed by atoms with Crippen molar-refractivity contribution in [3.8, 4) is 0 Å². The number of halogens is 2. The molecule has 0 heterocycles. The Balaban J connectivity index is 3.10. The first kappa shape index (κ1) is 11.2. The van der Waals surface area contributed by atoms with Crippen molar-refractivity contribution in [3.63, 3.8) is 0 Å². The molecule has 0 unspecified atom stereocenters. The third-order valence-corrected chi connectivity index (χ3v) is 3.63. The maximum Gasteiger partial charge on any atom is 0.0595 e. The Morgan fingerprint density at radius 1 is 1.23 bits per heavy atom. The molecule has 0 amide bonds. The average Bonchev–Trinajstić information content (AvgIpc) is 2.09. The van der Waals surface area contributed by atoms with E-state index in [2.05, 4.69) is 26.5 Å². The quantitative estimate of drug-likeness (QED) is 0.729. The Labute approximate surface area is 94.7 Å². The van der Waals surface area contributed by atoms with E-state index < -0.39 is 0 Å². The summed E-state index contributed by atoms with van der Waals surface area (Å²) in [5.41, 5.74) is 1.20. The van der Waals surface area contributed by atoms with Crippen LogP contribution in [-0.4, -0.2) is 5.75 Å². The minimum absolute atomic E-state index is 0.0390. The van der Waals surface area contributed by atoms with Crippen molar-refractivity contribution >= 4 is 35.8 Å². The summed E-state index contributed by atoms with van der Waals surface area (Å²) in [4.78, 5) is 0. The molecule has 0 bridgehead atoms. The van der Waals surface area contributed by atoms with Crippen LogP contribution in [0, 0.1) is 0 Å². The van der Waals surface area contributed by atoms with Crippen LogP contribution >= 0.6 is 35.8 Å². The molecule has 0 atom stereocenters. The SMILES string of the molecule is CC(C)(CS)c1ccc(Cl)c(Cl)c1. The standard InChI is InChI=1S/C10H12Cl2S/c1-10(2,6-13)7-3-4-8(11)9(12)5-7/h3-5,13H,6H2,1-2H3. The summed E-state index contributed by atoms with van der Waals surface area (Å²) in [5, 5.41) is 1.20. The predicted octanol–water partition coefficient (Wildman–Crippen LogP) is 4.20. The van der Waals surface area contributed by atoms with E-state index >= 15 is 0 Å².